The van der Waals surface area contributed by atoms with Crippen molar-refractivity contribution >= 4 is 5.91 Å². The van der Waals surface area contributed by atoms with Crippen LogP contribution in [0.15, 0.2) is 16.9 Å². The molecule has 0 aliphatic carbocycles. The van der Waals surface area contributed by atoms with E-state index in [-0.39, 0.29) is 30.2 Å². The molecule has 0 aromatic carbocycles. The number of carbonyl (C=O) groups excluding carboxylic acids is 1. The molecule has 6 nitrogen and oxygen atoms in total. The van der Waals surface area contributed by atoms with Gasteiger partial charge in [0, 0.05) is 19.2 Å². The molecule has 2 heterocycles. The second-order valence-electron chi connectivity index (χ2n) is 5.03. The molecule has 2 atom stereocenters. The lowest BCUT2D eigenvalue weighted by molar-refractivity contribution is -0.144. The molecule has 0 spiro atoms. The summed E-state index contributed by atoms with van der Waals surface area (Å²) in [7, 11) is 0. The van der Waals surface area contributed by atoms with Gasteiger partial charge >= 0.3 is 0 Å². The summed E-state index contributed by atoms with van der Waals surface area (Å²) in [5.41, 5.74) is 0.462. The van der Waals surface area contributed by atoms with Crippen molar-refractivity contribution in [1.29, 1.82) is 0 Å². The average Bonchev–Trinajstić information content (AvgIpc) is 2.32. The van der Waals surface area contributed by atoms with E-state index < -0.39 is 0 Å². The fourth-order valence-corrected chi connectivity index (χ4v) is 2.27. The Morgan fingerprint density at radius 3 is 2.63 bits per heavy atom. The van der Waals surface area contributed by atoms with Gasteiger partial charge in [-0.1, -0.05) is 0 Å². The molecular weight excluding hydrogens is 246 g/mol. The van der Waals surface area contributed by atoms with Crippen molar-refractivity contribution in [3.63, 3.8) is 0 Å². The molecule has 1 aromatic heterocycles. The summed E-state index contributed by atoms with van der Waals surface area (Å²) in [5, 5.41) is 4.07. The average molecular weight is 265 g/mol. The van der Waals surface area contributed by atoms with E-state index >= 15 is 0 Å². The highest BCUT2D eigenvalue weighted by atomic mass is 16.5. The summed E-state index contributed by atoms with van der Waals surface area (Å²) < 4.78 is 6.79. The molecule has 1 amide bonds. The molecule has 0 radical (unpaired) electrons. The lowest BCUT2D eigenvalue weighted by atomic mass is 10.2. The molecule has 0 N–H and O–H groups in total. The van der Waals surface area contributed by atoms with Crippen LogP contribution < -0.4 is 5.56 Å². The Balaban J connectivity index is 2.08. The van der Waals surface area contributed by atoms with E-state index in [4.69, 9.17) is 4.74 Å². The zero-order chi connectivity index (χ0) is 14.0. The Labute approximate surface area is 112 Å². The van der Waals surface area contributed by atoms with Gasteiger partial charge in [0.05, 0.1) is 17.9 Å². The third kappa shape index (κ3) is 3.41. The SMILES string of the molecule is Cc1ccc(=O)n(CC(=O)N2CC(C)OC(C)C2)n1. The minimum atomic E-state index is -0.256. The van der Waals surface area contributed by atoms with E-state index in [0.717, 1.165) is 5.69 Å². The molecule has 0 bridgehead atoms. The summed E-state index contributed by atoms with van der Waals surface area (Å²) >= 11 is 0. The molecule has 1 saturated heterocycles. The minimum absolute atomic E-state index is 0.0139. The third-order valence-electron chi connectivity index (χ3n) is 3.06. The zero-order valence-corrected chi connectivity index (χ0v) is 11.5. The number of morpholine rings is 1. The normalized spacial score (nSPS) is 23.4. The van der Waals surface area contributed by atoms with Crippen molar-refractivity contribution in [2.75, 3.05) is 13.1 Å². The van der Waals surface area contributed by atoms with Crippen LogP contribution in [0, 0.1) is 6.92 Å². The number of rotatable bonds is 2. The third-order valence-corrected chi connectivity index (χ3v) is 3.06. The van der Waals surface area contributed by atoms with Gasteiger partial charge in [-0.15, -0.1) is 0 Å². The van der Waals surface area contributed by atoms with E-state index in [1.165, 1.54) is 10.7 Å². The van der Waals surface area contributed by atoms with Crippen LogP contribution in [-0.4, -0.2) is 45.9 Å². The van der Waals surface area contributed by atoms with Crippen LogP contribution in [0.2, 0.25) is 0 Å². The van der Waals surface area contributed by atoms with Crippen LogP contribution in [0.25, 0.3) is 0 Å². The number of ether oxygens (including phenoxy) is 1. The number of nitrogens with zero attached hydrogens (tertiary/aromatic N) is 3. The Kier molecular flexibility index (Phi) is 3.99. The highest BCUT2D eigenvalue weighted by Crippen LogP contribution is 2.10. The number of hydrogen-bond acceptors (Lipinski definition) is 4. The summed E-state index contributed by atoms with van der Waals surface area (Å²) in [5.74, 6) is -0.0952. The summed E-state index contributed by atoms with van der Waals surface area (Å²) in [6.07, 6.45) is 0.0461. The van der Waals surface area contributed by atoms with Gasteiger partial charge in [0.25, 0.3) is 5.56 Å². The van der Waals surface area contributed by atoms with Crippen molar-refractivity contribution in [3.05, 3.63) is 28.2 Å². The van der Waals surface area contributed by atoms with Gasteiger partial charge in [0.1, 0.15) is 6.54 Å². The summed E-state index contributed by atoms with van der Waals surface area (Å²) in [4.78, 5) is 25.5. The van der Waals surface area contributed by atoms with E-state index in [0.29, 0.717) is 13.1 Å². The second-order valence-corrected chi connectivity index (χ2v) is 5.03. The van der Waals surface area contributed by atoms with Crippen LogP contribution in [-0.2, 0) is 16.1 Å². The van der Waals surface area contributed by atoms with Crippen LogP contribution in [0.5, 0.6) is 0 Å². The van der Waals surface area contributed by atoms with Gasteiger partial charge in [-0.25, -0.2) is 4.68 Å². The van der Waals surface area contributed by atoms with Crippen molar-refractivity contribution in [2.45, 2.75) is 39.5 Å². The highest BCUT2D eigenvalue weighted by Gasteiger charge is 2.26. The largest absolute Gasteiger partial charge is 0.372 e. The van der Waals surface area contributed by atoms with Crippen LogP contribution in [0.4, 0.5) is 0 Å². The van der Waals surface area contributed by atoms with Gasteiger partial charge in [-0.05, 0) is 26.8 Å². The Morgan fingerprint density at radius 1 is 1.37 bits per heavy atom. The van der Waals surface area contributed by atoms with Crippen LogP contribution >= 0.6 is 0 Å². The monoisotopic (exact) mass is 265 g/mol. The molecule has 104 valence electrons. The zero-order valence-electron chi connectivity index (χ0n) is 11.5. The maximum atomic E-state index is 12.2. The first-order valence-corrected chi connectivity index (χ1v) is 6.43. The minimum Gasteiger partial charge on any atom is -0.372 e. The van der Waals surface area contributed by atoms with Crippen molar-refractivity contribution in [3.8, 4) is 0 Å². The molecule has 1 aliphatic rings. The van der Waals surface area contributed by atoms with Gasteiger partial charge in [-0.3, -0.25) is 9.59 Å². The number of hydrogen-bond donors (Lipinski definition) is 0. The number of aryl methyl sites for hydroxylation is 1. The lowest BCUT2D eigenvalue weighted by Gasteiger charge is -2.35. The maximum Gasteiger partial charge on any atom is 0.267 e. The number of amides is 1. The first-order valence-electron chi connectivity index (χ1n) is 6.43. The highest BCUT2D eigenvalue weighted by molar-refractivity contribution is 5.76. The molecular formula is C13H19N3O3. The van der Waals surface area contributed by atoms with Crippen molar-refractivity contribution in [2.24, 2.45) is 0 Å². The smallest absolute Gasteiger partial charge is 0.267 e. The van der Waals surface area contributed by atoms with E-state index in [2.05, 4.69) is 5.10 Å². The first-order chi connectivity index (χ1) is 8.95. The fraction of sp³-hybridized carbons (Fsp3) is 0.615. The molecule has 2 unspecified atom stereocenters. The maximum absolute atomic E-state index is 12.2. The molecule has 2 rings (SSSR count). The fourth-order valence-electron chi connectivity index (χ4n) is 2.27. The molecule has 1 fully saturated rings. The van der Waals surface area contributed by atoms with Crippen molar-refractivity contribution in [1.82, 2.24) is 14.7 Å². The first kappa shape index (κ1) is 13.7. The number of aromatic nitrogens is 2. The summed E-state index contributed by atoms with van der Waals surface area (Å²) in [6, 6.07) is 3.07. The Hall–Kier alpha value is -1.69. The predicted molar refractivity (Wildman–Crippen MR) is 69.8 cm³/mol. The van der Waals surface area contributed by atoms with E-state index in [1.54, 1.807) is 17.9 Å². The molecule has 6 heteroatoms. The van der Waals surface area contributed by atoms with Gasteiger partial charge < -0.3 is 9.64 Å². The quantitative estimate of drug-likeness (QED) is 0.765. The van der Waals surface area contributed by atoms with E-state index in [9.17, 15) is 9.59 Å². The molecule has 19 heavy (non-hydrogen) atoms. The lowest BCUT2D eigenvalue weighted by Crippen LogP contribution is -2.49. The van der Waals surface area contributed by atoms with Gasteiger partial charge in [0.2, 0.25) is 5.91 Å². The van der Waals surface area contributed by atoms with Gasteiger partial charge in [-0.2, -0.15) is 5.10 Å². The molecule has 0 saturated carbocycles. The van der Waals surface area contributed by atoms with Crippen LogP contribution in [0.3, 0.4) is 0 Å². The predicted octanol–water partition coefficient (Wildman–Crippen LogP) is 0.188. The topological polar surface area (TPSA) is 64.4 Å². The molecule has 1 aromatic rings. The standard InChI is InChI=1S/C13H19N3O3/c1-9-4-5-12(17)16(14-9)8-13(18)15-6-10(2)19-11(3)7-15/h4-5,10-11H,6-8H2,1-3H3. The van der Waals surface area contributed by atoms with Gasteiger partial charge in [0.15, 0.2) is 0 Å². The summed E-state index contributed by atoms with van der Waals surface area (Å²) in [6.45, 7) is 6.77. The Morgan fingerprint density at radius 2 is 2.00 bits per heavy atom. The van der Waals surface area contributed by atoms with E-state index in [1.807, 2.05) is 13.8 Å². The van der Waals surface area contributed by atoms with Crippen LogP contribution in [0.1, 0.15) is 19.5 Å². The number of carbonyl (C=O) groups is 1. The molecule has 1 aliphatic heterocycles. The Bertz CT molecular complexity index is 516. The van der Waals surface area contributed by atoms with Crippen molar-refractivity contribution < 1.29 is 9.53 Å². The second kappa shape index (κ2) is 5.52.